The molecule has 1 aromatic carbocycles. The second-order valence-electron chi connectivity index (χ2n) is 7.51. The van der Waals surface area contributed by atoms with Crippen LogP contribution in [0.25, 0.3) is 0 Å². The van der Waals surface area contributed by atoms with Crippen LogP contribution in [0.15, 0.2) is 53.7 Å². The van der Waals surface area contributed by atoms with Crippen molar-refractivity contribution in [1.29, 1.82) is 0 Å². The first-order valence-corrected chi connectivity index (χ1v) is 12.1. The van der Waals surface area contributed by atoms with E-state index < -0.39 is 28.0 Å². The molecule has 3 rings (SSSR count). The molecule has 1 unspecified atom stereocenters. The van der Waals surface area contributed by atoms with Crippen molar-refractivity contribution in [1.82, 2.24) is 20.1 Å². The zero-order valence-corrected chi connectivity index (χ0v) is 19.4. The largest absolute Gasteiger partial charge is 0.494 e. The molecule has 1 fully saturated rings. The van der Waals surface area contributed by atoms with E-state index in [1.165, 1.54) is 22.8 Å². The van der Waals surface area contributed by atoms with E-state index in [2.05, 4.69) is 15.8 Å². The van der Waals surface area contributed by atoms with Gasteiger partial charge in [0.25, 0.3) is 5.91 Å². The molecule has 1 aliphatic rings. The van der Waals surface area contributed by atoms with E-state index in [9.17, 15) is 18.0 Å². The van der Waals surface area contributed by atoms with Gasteiger partial charge in [0.05, 0.1) is 6.61 Å². The van der Waals surface area contributed by atoms with Crippen LogP contribution < -0.4 is 20.3 Å². The molecule has 1 aliphatic heterocycles. The summed E-state index contributed by atoms with van der Waals surface area (Å²) in [6, 6.07) is 9.93. The number of pyridine rings is 1. The summed E-state index contributed by atoms with van der Waals surface area (Å²) in [5.74, 6) is -0.0834. The first-order valence-electron chi connectivity index (χ1n) is 10.7. The van der Waals surface area contributed by atoms with Crippen molar-refractivity contribution in [2.45, 2.75) is 37.7 Å². The highest BCUT2D eigenvalue weighted by atomic mass is 32.2. The molecule has 11 heteroatoms. The molecule has 0 radical (unpaired) electrons. The van der Waals surface area contributed by atoms with Crippen molar-refractivity contribution >= 4 is 21.8 Å². The van der Waals surface area contributed by atoms with Gasteiger partial charge in [0.15, 0.2) is 6.10 Å². The summed E-state index contributed by atoms with van der Waals surface area (Å²) in [6.07, 6.45) is 2.67. The zero-order chi connectivity index (χ0) is 23.8. The van der Waals surface area contributed by atoms with Crippen LogP contribution in [0.2, 0.25) is 0 Å². The number of aromatic nitrogens is 1. The van der Waals surface area contributed by atoms with Gasteiger partial charge in [0, 0.05) is 31.4 Å². The number of amides is 2. The van der Waals surface area contributed by atoms with E-state index in [0.29, 0.717) is 30.9 Å². The van der Waals surface area contributed by atoms with Crippen molar-refractivity contribution in [3.05, 3.63) is 48.8 Å². The van der Waals surface area contributed by atoms with Crippen LogP contribution in [0.1, 0.15) is 26.7 Å². The smallest absolute Gasteiger partial charge is 0.279 e. The summed E-state index contributed by atoms with van der Waals surface area (Å²) >= 11 is 0. The number of rotatable bonds is 8. The normalized spacial score (nSPS) is 15.9. The summed E-state index contributed by atoms with van der Waals surface area (Å²) in [5.41, 5.74) is 4.78. The summed E-state index contributed by atoms with van der Waals surface area (Å²) in [4.78, 5) is 28.7. The monoisotopic (exact) mass is 476 g/mol. The number of hydrazine groups is 1. The molecule has 0 aliphatic carbocycles. The third-order valence-corrected chi connectivity index (χ3v) is 7.10. The number of ether oxygens (including phenoxy) is 2. The molecular weight excluding hydrogens is 448 g/mol. The first-order chi connectivity index (χ1) is 15.8. The minimum Gasteiger partial charge on any atom is -0.494 e. The summed E-state index contributed by atoms with van der Waals surface area (Å²) in [7, 11) is -3.64. The standard InChI is InChI=1S/C22H28N4O6S/c1-3-31-18-6-8-19(9-7-18)32-16(2)21(27)24-25-22(28)17-10-13-26(14-11-17)33(29,30)20-5-4-12-23-15-20/h4-9,12,15-17H,3,10-11,13-14H2,1-2H3,(H,24,27)(H,25,28). The highest BCUT2D eigenvalue weighted by Crippen LogP contribution is 2.23. The third-order valence-electron chi connectivity index (χ3n) is 5.22. The van der Waals surface area contributed by atoms with Crippen LogP contribution in [-0.4, -0.2) is 55.3 Å². The lowest BCUT2D eigenvalue weighted by Crippen LogP contribution is -2.50. The number of nitrogens with zero attached hydrogens (tertiary/aromatic N) is 2. The predicted molar refractivity (Wildman–Crippen MR) is 120 cm³/mol. The van der Waals surface area contributed by atoms with Crippen molar-refractivity contribution in [3.63, 3.8) is 0 Å². The van der Waals surface area contributed by atoms with Gasteiger partial charge in [-0.15, -0.1) is 0 Å². The van der Waals surface area contributed by atoms with Gasteiger partial charge in [0.1, 0.15) is 16.4 Å². The molecule has 10 nitrogen and oxygen atoms in total. The van der Waals surface area contributed by atoms with Gasteiger partial charge in [0.2, 0.25) is 15.9 Å². The average Bonchev–Trinajstić information content (AvgIpc) is 2.84. The Morgan fingerprint density at radius 3 is 2.39 bits per heavy atom. The Hall–Kier alpha value is -3.18. The summed E-state index contributed by atoms with van der Waals surface area (Å²) in [6.45, 7) is 4.43. The zero-order valence-electron chi connectivity index (χ0n) is 18.6. The fourth-order valence-corrected chi connectivity index (χ4v) is 4.81. The number of carbonyl (C=O) groups is 2. The highest BCUT2D eigenvalue weighted by molar-refractivity contribution is 7.89. The van der Waals surface area contributed by atoms with Crippen LogP contribution >= 0.6 is 0 Å². The number of carbonyl (C=O) groups excluding carboxylic acids is 2. The lowest BCUT2D eigenvalue weighted by Gasteiger charge is -2.30. The number of piperidine rings is 1. The Morgan fingerprint density at radius 1 is 1.12 bits per heavy atom. The lowest BCUT2D eigenvalue weighted by molar-refractivity contribution is -0.134. The second-order valence-corrected chi connectivity index (χ2v) is 9.45. The maximum atomic E-state index is 12.7. The van der Waals surface area contributed by atoms with Crippen LogP contribution in [0.5, 0.6) is 11.5 Å². The van der Waals surface area contributed by atoms with Crippen LogP contribution in [0.3, 0.4) is 0 Å². The Balaban J connectivity index is 1.44. The predicted octanol–water partition coefficient (Wildman–Crippen LogP) is 1.50. The molecule has 178 valence electrons. The van der Waals surface area contributed by atoms with E-state index in [1.807, 2.05) is 6.92 Å². The van der Waals surface area contributed by atoms with Crippen molar-refractivity contribution in [2.24, 2.45) is 5.92 Å². The maximum Gasteiger partial charge on any atom is 0.279 e. The van der Waals surface area contributed by atoms with Gasteiger partial charge in [-0.25, -0.2) is 8.42 Å². The molecular formula is C22H28N4O6S. The second kappa shape index (κ2) is 11.1. The van der Waals surface area contributed by atoms with Crippen molar-refractivity contribution in [3.8, 4) is 11.5 Å². The van der Waals surface area contributed by atoms with Crippen LogP contribution in [0, 0.1) is 5.92 Å². The number of hydrogen-bond acceptors (Lipinski definition) is 7. The molecule has 2 heterocycles. The average molecular weight is 477 g/mol. The molecule has 0 saturated carbocycles. The minimum atomic E-state index is -3.64. The summed E-state index contributed by atoms with van der Waals surface area (Å²) < 4.78 is 37.6. The number of nitrogens with one attached hydrogen (secondary N) is 2. The van der Waals surface area contributed by atoms with Crippen molar-refractivity contribution in [2.75, 3.05) is 19.7 Å². The Labute approximate surface area is 193 Å². The molecule has 0 bridgehead atoms. The van der Waals surface area contributed by atoms with Gasteiger partial charge < -0.3 is 9.47 Å². The Bertz CT molecular complexity index is 1040. The molecule has 2 N–H and O–H groups in total. The first kappa shape index (κ1) is 24.5. The maximum absolute atomic E-state index is 12.7. The molecule has 1 atom stereocenters. The Morgan fingerprint density at radius 2 is 1.79 bits per heavy atom. The SMILES string of the molecule is CCOc1ccc(OC(C)C(=O)NNC(=O)C2CCN(S(=O)(=O)c3cccnc3)CC2)cc1. The van der Waals surface area contributed by atoms with Gasteiger partial charge in [-0.2, -0.15) is 4.31 Å². The fraction of sp³-hybridized carbons (Fsp3) is 0.409. The van der Waals surface area contributed by atoms with E-state index in [1.54, 1.807) is 37.3 Å². The summed E-state index contributed by atoms with van der Waals surface area (Å²) in [5, 5.41) is 0. The molecule has 0 spiro atoms. The van der Waals surface area contributed by atoms with Gasteiger partial charge in [-0.05, 0) is 63.1 Å². The Kier molecular flexibility index (Phi) is 8.23. The molecule has 2 amide bonds. The van der Waals surface area contributed by atoms with Gasteiger partial charge in [-0.3, -0.25) is 25.4 Å². The quantitative estimate of drug-likeness (QED) is 0.553. The molecule has 33 heavy (non-hydrogen) atoms. The van der Waals surface area contributed by atoms with Crippen molar-refractivity contribution < 1.29 is 27.5 Å². The highest BCUT2D eigenvalue weighted by Gasteiger charge is 2.32. The molecule has 1 saturated heterocycles. The fourth-order valence-electron chi connectivity index (χ4n) is 3.37. The van der Waals surface area contributed by atoms with Gasteiger partial charge in [-0.1, -0.05) is 0 Å². The van der Waals surface area contributed by atoms with Crippen LogP contribution in [-0.2, 0) is 19.6 Å². The van der Waals surface area contributed by atoms with E-state index >= 15 is 0 Å². The molecule has 1 aromatic heterocycles. The van der Waals surface area contributed by atoms with Crippen LogP contribution in [0.4, 0.5) is 0 Å². The lowest BCUT2D eigenvalue weighted by atomic mass is 9.98. The number of hydrogen-bond donors (Lipinski definition) is 2. The topological polar surface area (TPSA) is 127 Å². The minimum absolute atomic E-state index is 0.127. The molecule has 2 aromatic rings. The number of sulfonamides is 1. The third kappa shape index (κ3) is 6.42. The van der Waals surface area contributed by atoms with E-state index in [0.717, 1.165) is 0 Å². The van der Waals surface area contributed by atoms with Gasteiger partial charge >= 0.3 is 0 Å². The van der Waals surface area contributed by atoms with E-state index in [4.69, 9.17) is 9.47 Å². The van der Waals surface area contributed by atoms with E-state index in [-0.39, 0.29) is 23.9 Å². The number of benzene rings is 1.